The van der Waals surface area contributed by atoms with Gasteiger partial charge >= 0.3 is 0 Å². The third-order valence-corrected chi connectivity index (χ3v) is 3.64. The zero-order chi connectivity index (χ0) is 18.4. The van der Waals surface area contributed by atoms with Gasteiger partial charge in [0.1, 0.15) is 17.3 Å². The Morgan fingerprint density at radius 3 is 2.15 bits per heavy atom. The lowest BCUT2D eigenvalue weighted by Gasteiger charge is -2.11. The Bertz CT molecular complexity index is 915. The molecule has 0 atom stereocenters. The van der Waals surface area contributed by atoms with Crippen LogP contribution in [0.2, 0.25) is 0 Å². The molecule has 4 nitrogen and oxygen atoms in total. The van der Waals surface area contributed by atoms with E-state index in [1.165, 1.54) is 18.2 Å². The second-order valence-electron chi connectivity index (χ2n) is 5.33. The second kappa shape index (κ2) is 8.22. The Balaban J connectivity index is 1.58. The summed E-state index contributed by atoms with van der Waals surface area (Å²) in [4.78, 5) is 12.0. The Labute approximate surface area is 155 Å². The number of anilines is 1. The van der Waals surface area contributed by atoms with Crippen LogP contribution >= 0.6 is 12.2 Å². The number of hydrogen-bond acceptors (Lipinski definition) is 3. The third kappa shape index (κ3) is 4.64. The molecule has 3 aromatic rings. The van der Waals surface area contributed by atoms with E-state index in [4.69, 9.17) is 17.0 Å². The molecular weight excluding hydrogens is 351 g/mol. The van der Waals surface area contributed by atoms with Gasteiger partial charge in [0.15, 0.2) is 5.11 Å². The van der Waals surface area contributed by atoms with Crippen LogP contribution in [0.1, 0.15) is 10.4 Å². The first-order chi connectivity index (χ1) is 12.6. The van der Waals surface area contributed by atoms with E-state index in [9.17, 15) is 9.18 Å². The van der Waals surface area contributed by atoms with Crippen molar-refractivity contribution in [1.82, 2.24) is 5.32 Å². The van der Waals surface area contributed by atoms with Crippen molar-refractivity contribution in [1.29, 1.82) is 0 Å². The van der Waals surface area contributed by atoms with Gasteiger partial charge in [0.05, 0.1) is 5.56 Å². The molecule has 1 amide bonds. The normalized spacial score (nSPS) is 10.0. The van der Waals surface area contributed by atoms with Gasteiger partial charge < -0.3 is 10.1 Å². The Hall–Kier alpha value is -3.25. The summed E-state index contributed by atoms with van der Waals surface area (Å²) < 4.78 is 19.3. The fourth-order valence-corrected chi connectivity index (χ4v) is 2.42. The maximum atomic E-state index is 13.6. The van der Waals surface area contributed by atoms with E-state index < -0.39 is 11.7 Å². The van der Waals surface area contributed by atoms with Gasteiger partial charge in [-0.25, -0.2) is 4.39 Å². The largest absolute Gasteiger partial charge is 0.457 e. The summed E-state index contributed by atoms with van der Waals surface area (Å²) >= 11 is 5.10. The van der Waals surface area contributed by atoms with Gasteiger partial charge in [-0.1, -0.05) is 30.3 Å². The molecule has 0 aliphatic carbocycles. The average Bonchev–Trinajstić information content (AvgIpc) is 2.64. The highest BCUT2D eigenvalue weighted by Crippen LogP contribution is 2.22. The Morgan fingerprint density at radius 1 is 0.846 bits per heavy atom. The van der Waals surface area contributed by atoms with Crippen molar-refractivity contribution in [2.75, 3.05) is 5.32 Å². The minimum Gasteiger partial charge on any atom is -0.457 e. The van der Waals surface area contributed by atoms with Crippen LogP contribution in [0.4, 0.5) is 10.1 Å². The number of benzene rings is 3. The van der Waals surface area contributed by atoms with Crippen LogP contribution in [0.3, 0.4) is 0 Å². The highest BCUT2D eigenvalue weighted by atomic mass is 32.1. The Morgan fingerprint density at radius 2 is 1.46 bits per heavy atom. The molecule has 0 heterocycles. The minimum atomic E-state index is -0.607. The zero-order valence-corrected chi connectivity index (χ0v) is 14.4. The molecule has 0 saturated carbocycles. The molecule has 0 spiro atoms. The van der Waals surface area contributed by atoms with Crippen molar-refractivity contribution in [3.05, 3.63) is 90.2 Å². The number of carbonyl (C=O) groups excluding carboxylic acids is 1. The molecule has 0 aliphatic rings. The van der Waals surface area contributed by atoms with Gasteiger partial charge in [-0.2, -0.15) is 0 Å². The van der Waals surface area contributed by atoms with Crippen LogP contribution in [0.5, 0.6) is 11.5 Å². The van der Waals surface area contributed by atoms with Gasteiger partial charge in [-0.15, -0.1) is 0 Å². The van der Waals surface area contributed by atoms with Crippen LogP contribution in [0.25, 0.3) is 0 Å². The van der Waals surface area contributed by atoms with E-state index in [-0.39, 0.29) is 10.7 Å². The van der Waals surface area contributed by atoms with E-state index in [1.54, 1.807) is 30.3 Å². The average molecular weight is 366 g/mol. The summed E-state index contributed by atoms with van der Waals surface area (Å²) in [6.45, 7) is 0. The van der Waals surface area contributed by atoms with Gasteiger partial charge in [-0.3, -0.25) is 10.1 Å². The molecule has 0 radical (unpaired) electrons. The van der Waals surface area contributed by atoms with Gasteiger partial charge in [-0.05, 0) is 60.7 Å². The molecule has 0 aliphatic heterocycles. The minimum absolute atomic E-state index is 0.0664. The molecule has 3 rings (SSSR count). The maximum absolute atomic E-state index is 13.6. The number of thiocarbonyl (C=S) groups is 1. The summed E-state index contributed by atoms with van der Waals surface area (Å²) in [6, 6.07) is 22.2. The van der Waals surface area contributed by atoms with Crippen molar-refractivity contribution < 1.29 is 13.9 Å². The highest BCUT2D eigenvalue weighted by molar-refractivity contribution is 7.80. The first kappa shape index (κ1) is 17.6. The summed E-state index contributed by atoms with van der Waals surface area (Å²) in [6.07, 6.45) is 0. The highest BCUT2D eigenvalue weighted by Gasteiger charge is 2.12. The predicted molar refractivity (Wildman–Crippen MR) is 103 cm³/mol. The van der Waals surface area contributed by atoms with Crippen molar-refractivity contribution in [3.63, 3.8) is 0 Å². The van der Waals surface area contributed by atoms with Crippen molar-refractivity contribution in [2.24, 2.45) is 0 Å². The van der Waals surface area contributed by atoms with Crippen molar-refractivity contribution in [3.8, 4) is 11.5 Å². The van der Waals surface area contributed by atoms with Crippen LogP contribution in [0, 0.1) is 5.82 Å². The van der Waals surface area contributed by atoms with E-state index in [0.29, 0.717) is 11.4 Å². The number of carbonyl (C=O) groups is 1. The molecule has 3 aromatic carbocycles. The maximum Gasteiger partial charge on any atom is 0.260 e. The third-order valence-electron chi connectivity index (χ3n) is 3.44. The van der Waals surface area contributed by atoms with Crippen molar-refractivity contribution >= 4 is 28.9 Å². The molecule has 0 unspecified atom stereocenters. The smallest absolute Gasteiger partial charge is 0.260 e. The summed E-state index contributed by atoms with van der Waals surface area (Å²) in [5, 5.41) is 5.40. The molecule has 0 saturated heterocycles. The topological polar surface area (TPSA) is 50.4 Å². The number of amides is 1. The zero-order valence-electron chi connectivity index (χ0n) is 13.6. The molecule has 0 aromatic heterocycles. The quantitative estimate of drug-likeness (QED) is 0.655. The molecular formula is C20H15FN2O2S. The number of ether oxygens (including phenoxy) is 1. The molecule has 0 bridgehead atoms. The number of rotatable bonds is 4. The Kier molecular flexibility index (Phi) is 5.56. The van der Waals surface area contributed by atoms with Crippen LogP contribution in [-0.2, 0) is 0 Å². The molecule has 6 heteroatoms. The van der Waals surface area contributed by atoms with E-state index in [1.807, 2.05) is 30.3 Å². The summed E-state index contributed by atoms with van der Waals surface area (Å²) in [5.74, 6) is 0.198. The molecule has 2 N–H and O–H groups in total. The lowest BCUT2D eigenvalue weighted by atomic mass is 10.2. The van der Waals surface area contributed by atoms with Gasteiger partial charge in [0.2, 0.25) is 0 Å². The van der Waals surface area contributed by atoms with E-state index in [2.05, 4.69) is 10.6 Å². The van der Waals surface area contributed by atoms with Crippen molar-refractivity contribution in [2.45, 2.75) is 0 Å². The van der Waals surface area contributed by atoms with Crippen LogP contribution in [-0.4, -0.2) is 11.0 Å². The predicted octanol–water partition coefficient (Wildman–Crippen LogP) is 4.74. The monoisotopic (exact) mass is 366 g/mol. The lowest BCUT2D eigenvalue weighted by molar-refractivity contribution is 0.0974. The van der Waals surface area contributed by atoms with Crippen LogP contribution < -0.4 is 15.4 Å². The number of nitrogens with one attached hydrogen (secondary N) is 2. The first-order valence-corrected chi connectivity index (χ1v) is 8.22. The van der Waals surface area contributed by atoms with Crippen LogP contribution in [0.15, 0.2) is 78.9 Å². The first-order valence-electron chi connectivity index (χ1n) is 7.81. The molecule has 130 valence electrons. The SMILES string of the molecule is O=C(NC(=S)Nc1ccc(Oc2ccccc2)cc1)c1ccccc1F. The number of para-hydroxylation sites is 1. The summed E-state index contributed by atoms with van der Waals surface area (Å²) in [7, 11) is 0. The molecule has 26 heavy (non-hydrogen) atoms. The summed E-state index contributed by atoms with van der Waals surface area (Å²) in [5.41, 5.74) is 0.604. The van der Waals surface area contributed by atoms with E-state index in [0.717, 1.165) is 5.75 Å². The van der Waals surface area contributed by atoms with Gasteiger partial charge in [0, 0.05) is 5.69 Å². The number of hydrogen-bond donors (Lipinski definition) is 2. The second-order valence-corrected chi connectivity index (χ2v) is 5.74. The standard InChI is InChI=1S/C20H15FN2O2S/c21-18-9-5-4-8-17(18)19(24)23-20(26)22-14-10-12-16(13-11-14)25-15-6-2-1-3-7-15/h1-13H,(H2,22,23,24,26). The fraction of sp³-hybridized carbons (Fsp3) is 0. The van der Waals surface area contributed by atoms with Gasteiger partial charge in [0.25, 0.3) is 5.91 Å². The number of halogens is 1. The fourth-order valence-electron chi connectivity index (χ4n) is 2.21. The molecule has 0 fully saturated rings. The van der Waals surface area contributed by atoms with E-state index >= 15 is 0 Å². The lowest BCUT2D eigenvalue weighted by Crippen LogP contribution is -2.34.